The molecule has 0 spiro atoms. The monoisotopic (exact) mass is 202 g/mol. The lowest BCUT2D eigenvalue weighted by atomic mass is 10.2. The summed E-state index contributed by atoms with van der Waals surface area (Å²) in [5.74, 6) is 0.894. The van der Waals surface area contributed by atoms with Gasteiger partial charge in [0.25, 0.3) is 0 Å². The number of rotatable bonds is 4. The SMILES string of the molecule is Cc1ccc(F)cc1OCCCCl. The van der Waals surface area contributed by atoms with E-state index in [1.807, 2.05) is 6.92 Å². The summed E-state index contributed by atoms with van der Waals surface area (Å²) in [4.78, 5) is 0. The summed E-state index contributed by atoms with van der Waals surface area (Å²) < 4.78 is 18.1. The lowest BCUT2D eigenvalue weighted by Crippen LogP contribution is -1.99. The van der Waals surface area contributed by atoms with Crippen molar-refractivity contribution >= 4 is 11.6 Å². The van der Waals surface area contributed by atoms with Crippen molar-refractivity contribution in [3.05, 3.63) is 29.6 Å². The second-order valence-corrected chi connectivity index (χ2v) is 3.18. The van der Waals surface area contributed by atoms with E-state index in [1.54, 1.807) is 6.07 Å². The molecule has 0 atom stereocenters. The fourth-order valence-corrected chi connectivity index (χ4v) is 1.08. The van der Waals surface area contributed by atoms with Gasteiger partial charge in [0.15, 0.2) is 0 Å². The molecule has 1 aromatic rings. The standard InChI is InChI=1S/C10H12ClFO/c1-8-3-4-9(12)7-10(8)13-6-2-5-11/h3-4,7H,2,5-6H2,1H3. The Morgan fingerprint density at radius 1 is 1.46 bits per heavy atom. The first-order valence-corrected chi connectivity index (χ1v) is 4.72. The maximum absolute atomic E-state index is 12.8. The molecule has 0 radical (unpaired) electrons. The van der Waals surface area contributed by atoms with E-state index in [-0.39, 0.29) is 5.82 Å². The van der Waals surface area contributed by atoms with Crippen LogP contribution in [0.5, 0.6) is 5.75 Å². The molecule has 0 fully saturated rings. The smallest absolute Gasteiger partial charge is 0.126 e. The Kier molecular flexibility index (Phi) is 4.03. The van der Waals surface area contributed by atoms with Crippen molar-refractivity contribution in [3.63, 3.8) is 0 Å². The molecule has 0 saturated heterocycles. The third-order valence-electron chi connectivity index (χ3n) is 1.69. The van der Waals surface area contributed by atoms with Gasteiger partial charge in [0, 0.05) is 11.9 Å². The predicted molar refractivity (Wildman–Crippen MR) is 52.0 cm³/mol. The highest BCUT2D eigenvalue weighted by molar-refractivity contribution is 6.17. The van der Waals surface area contributed by atoms with Crippen LogP contribution in [0.25, 0.3) is 0 Å². The molecule has 0 unspecified atom stereocenters. The third-order valence-corrected chi connectivity index (χ3v) is 1.95. The fraction of sp³-hybridized carbons (Fsp3) is 0.400. The van der Waals surface area contributed by atoms with Crippen LogP contribution in [0.3, 0.4) is 0 Å². The zero-order chi connectivity index (χ0) is 9.68. The molecule has 3 heteroatoms. The van der Waals surface area contributed by atoms with Crippen molar-refractivity contribution in [1.82, 2.24) is 0 Å². The van der Waals surface area contributed by atoms with E-state index in [0.717, 1.165) is 12.0 Å². The molecule has 1 aromatic carbocycles. The van der Waals surface area contributed by atoms with Crippen LogP contribution in [0.4, 0.5) is 4.39 Å². The molecule has 0 saturated carbocycles. The molecule has 0 bridgehead atoms. The van der Waals surface area contributed by atoms with Crippen molar-refractivity contribution in [1.29, 1.82) is 0 Å². The summed E-state index contributed by atoms with van der Waals surface area (Å²) in [6, 6.07) is 4.51. The van der Waals surface area contributed by atoms with Crippen LogP contribution in [0, 0.1) is 12.7 Å². The van der Waals surface area contributed by atoms with Gasteiger partial charge in [-0.2, -0.15) is 0 Å². The second-order valence-electron chi connectivity index (χ2n) is 2.80. The van der Waals surface area contributed by atoms with E-state index in [4.69, 9.17) is 16.3 Å². The molecule has 0 aliphatic rings. The molecule has 0 amide bonds. The Bertz CT molecular complexity index is 276. The number of hydrogen-bond acceptors (Lipinski definition) is 1. The first kappa shape index (κ1) is 10.3. The van der Waals surface area contributed by atoms with Crippen LogP contribution in [0.1, 0.15) is 12.0 Å². The molecule has 0 heterocycles. The summed E-state index contributed by atoms with van der Waals surface area (Å²) in [6.45, 7) is 2.42. The maximum atomic E-state index is 12.8. The Labute approximate surface area is 82.5 Å². The molecule has 72 valence electrons. The van der Waals surface area contributed by atoms with E-state index in [0.29, 0.717) is 18.2 Å². The van der Waals surface area contributed by atoms with Gasteiger partial charge in [0.1, 0.15) is 11.6 Å². The van der Waals surface area contributed by atoms with Gasteiger partial charge in [-0.1, -0.05) is 6.07 Å². The van der Waals surface area contributed by atoms with Crippen molar-refractivity contribution in [2.75, 3.05) is 12.5 Å². The summed E-state index contributed by atoms with van der Waals surface area (Å²) >= 11 is 5.48. The number of halogens is 2. The molecule has 1 rings (SSSR count). The highest BCUT2D eigenvalue weighted by Crippen LogP contribution is 2.18. The maximum Gasteiger partial charge on any atom is 0.126 e. The Balaban J connectivity index is 2.59. The third kappa shape index (κ3) is 3.23. The molecule has 1 nitrogen and oxygen atoms in total. The average molecular weight is 203 g/mol. The molecule has 13 heavy (non-hydrogen) atoms. The molecule has 0 aliphatic heterocycles. The van der Waals surface area contributed by atoms with Gasteiger partial charge in [-0.05, 0) is 25.0 Å². The molecular formula is C10H12ClFO. The number of hydrogen-bond donors (Lipinski definition) is 0. The van der Waals surface area contributed by atoms with Crippen LogP contribution >= 0.6 is 11.6 Å². The van der Waals surface area contributed by atoms with Gasteiger partial charge in [-0.15, -0.1) is 11.6 Å². The number of aryl methyl sites for hydroxylation is 1. The number of alkyl halides is 1. The highest BCUT2D eigenvalue weighted by atomic mass is 35.5. The van der Waals surface area contributed by atoms with Crippen LogP contribution < -0.4 is 4.74 Å². The van der Waals surface area contributed by atoms with Gasteiger partial charge >= 0.3 is 0 Å². The minimum atomic E-state index is -0.272. The van der Waals surface area contributed by atoms with E-state index in [1.165, 1.54) is 12.1 Å². The average Bonchev–Trinajstić information content (AvgIpc) is 2.11. The molecular weight excluding hydrogens is 191 g/mol. The minimum absolute atomic E-state index is 0.272. The summed E-state index contributed by atoms with van der Waals surface area (Å²) in [5.41, 5.74) is 0.941. The number of benzene rings is 1. The first-order chi connectivity index (χ1) is 6.24. The van der Waals surface area contributed by atoms with Gasteiger partial charge in [-0.25, -0.2) is 4.39 Å². The second kappa shape index (κ2) is 5.07. The van der Waals surface area contributed by atoms with Gasteiger partial charge < -0.3 is 4.74 Å². The van der Waals surface area contributed by atoms with Crippen LogP contribution in [-0.4, -0.2) is 12.5 Å². The largest absolute Gasteiger partial charge is 0.493 e. The lowest BCUT2D eigenvalue weighted by molar-refractivity contribution is 0.314. The zero-order valence-corrected chi connectivity index (χ0v) is 8.27. The van der Waals surface area contributed by atoms with Gasteiger partial charge in [0.05, 0.1) is 6.61 Å². The van der Waals surface area contributed by atoms with E-state index < -0.39 is 0 Å². The highest BCUT2D eigenvalue weighted by Gasteiger charge is 2.00. The normalized spacial score (nSPS) is 10.1. The van der Waals surface area contributed by atoms with Crippen LogP contribution in [-0.2, 0) is 0 Å². The predicted octanol–water partition coefficient (Wildman–Crippen LogP) is 3.14. The van der Waals surface area contributed by atoms with Gasteiger partial charge in [-0.3, -0.25) is 0 Å². The van der Waals surface area contributed by atoms with E-state index >= 15 is 0 Å². The van der Waals surface area contributed by atoms with Crippen molar-refractivity contribution in [3.8, 4) is 5.75 Å². The number of ether oxygens (including phenoxy) is 1. The molecule has 0 N–H and O–H groups in total. The van der Waals surface area contributed by atoms with Crippen molar-refractivity contribution in [2.24, 2.45) is 0 Å². The van der Waals surface area contributed by atoms with Crippen LogP contribution in [0.15, 0.2) is 18.2 Å². The Morgan fingerprint density at radius 2 is 2.23 bits per heavy atom. The molecule has 0 aliphatic carbocycles. The molecule has 0 aromatic heterocycles. The fourth-order valence-electron chi connectivity index (χ4n) is 0.966. The Morgan fingerprint density at radius 3 is 2.92 bits per heavy atom. The topological polar surface area (TPSA) is 9.23 Å². The van der Waals surface area contributed by atoms with Gasteiger partial charge in [0.2, 0.25) is 0 Å². The summed E-state index contributed by atoms with van der Waals surface area (Å²) in [6.07, 6.45) is 0.775. The van der Waals surface area contributed by atoms with E-state index in [9.17, 15) is 4.39 Å². The van der Waals surface area contributed by atoms with Crippen LogP contribution in [0.2, 0.25) is 0 Å². The first-order valence-electron chi connectivity index (χ1n) is 4.19. The Hall–Kier alpha value is -0.760. The van der Waals surface area contributed by atoms with Crippen molar-refractivity contribution < 1.29 is 9.13 Å². The minimum Gasteiger partial charge on any atom is -0.493 e. The lowest BCUT2D eigenvalue weighted by Gasteiger charge is -2.07. The van der Waals surface area contributed by atoms with Crippen molar-refractivity contribution in [2.45, 2.75) is 13.3 Å². The quantitative estimate of drug-likeness (QED) is 0.539. The zero-order valence-electron chi connectivity index (χ0n) is 7.52. The summed E-state index contributed by atoms with van der Waals surface area (Å²) in [5, 5.41) is 0. The summed E-state index contributed by atoms with van der Waals surface area (Å²) in [7, 11) is 0. The van der Waals surface area contributed by atoms with E-state index in [2.05, 4.69) is 0 Å².